The summed E-state index contributed by atoms with van der Waals surface area (Å²) in [5, 5.41) is 25.2. The van der Waals surface area contributed by atoms with Crippen LogP contribution in [0.1, 0.15) is 16.8 Å². The molecule has 0 saturated heterocycles. The van der Waals surface area contributed by atoms with E-state index < -0.39 is 18.6 Å². The van der Waals surface area contributed by atoms with E-state index >= 15 is 0 Å². The first-order valence-electron chi connectivity index (χ1n) is 9.97. The van der Waals surface area contributed by atoms with Crippen molar-refractivity contribution in [1.82, 2.24) is 20.4 Å². The average molecular weight is 442 g/mol. The molecular weight excluding hydrogens is 416 g/mol. The molecule has 2 heterocycles. The Balaban J connectivity index is 1.74. The molecule has 0 aliphatic carbocycles. The number of amides is 1. The third kappa shape index (κ3) is 5.59. The van der Waals surface area contributed by atoms with Crippen LogP contribution in [-0.2, 0) is 4.79 Å². The van der Waals surface area contributed by atoms with Gasteiger partial charge in [0.1, 0.15) is 25.1 Å². The highest BCUT2D eigenvalue weighted by Crippen LogP contribution is 2.31. The summed E-state index contributed by atoms with van der Waals surface area (Å²) in [6.45, 7) is 4.96. The number of aryl methyl sites for hydroxylation is 3. The first kappa shape index (κ1) is 23.2. The lowest BCUT2D eigenvalue weighted by Gasteiger charge is -2.16. The molecule has 0 aliphatic rings. The molecule has 1 aromatic carbocycles. The number of aromatic nitrogens is 3. The molecule has 2 aromatic heterocycles. The molecule has 3 aromatic rings. The Kier molecular flexibility index (Phi) is 7.39. The number of methoxy groups -OCH3 is 1. The second kappa shape index (κ2) is 10.2. The highest BCUT2D eigenvalue weighted by molar-refractivity contribution is 5.76. The zero-order chi connectivity index (χ0) is 23.3. The fourth-order valence-electron chi connectivity index (χ4n) is 3.16. The van der Waals surface area contributed by atoms with E-state index in [1.807, 2.05) is 39.0 Å². The molecule has 1 amide bonds. The Morgan fingerprint density at radius 3 is 2.50 bits per heavy atom. The topological polar surface area (TPSA) is 140 Å². The zero-order valence-electron chi connectivity index (χ0n) is 18.4. The van der Waals surface area contributed by atoms with Crippen LogP contribution in [0, 0.1) is 20.8 Å². The van der Waals surface area contributed by atoms with Crippen LogP contribution in [0.4, 0.5) is 0 Å². The standard InChI is InChI=1S/C22H26N4O6/c1-12-5-15(6-13(2)20(12)31-11-17(28)9-23-18(29)10-27)21-25-22(32-26-21)16-7-14(3)24-19(8-16)30-4/h5-8,17,27-28H,9-11H2,1-4H3,(H,23,29). The molecule has 3 N–H and O–H groups in total. The average Bonchev–Trinajstić information content (AvgIpc) is 3.26. The molecule has 0 spiro atoms. The molecule has 0 aliphatic heterocycles. The van der Waals surface area contributed by atoms with Crippen molar-refractivity contribution in [2.24, 2.45) is 0 Å². The number of rotatable bonds is 9. The van der Waals surface area contributed by atoms with Gasteiger partial charge in [0.15, 0.2) is 0 Å². The number of carbonyl (C=O) groups excluding carboxylic acids is 1. The number of nitrogens with zero attached hydrogens (tertiary/aromatic N) is 3. The number of carbonyl (C=O) groups is 1. The normalized spacial score (nSPS) is 11.8. The van der Waals surface area contributed by atoms with Gasteiger partial charge < -0.3 is 29.5 Å². The van der Waals surface area contributed by atoms with E-state index in [1.54, 1.807) is 13.2 Å². The first-order chi connectivity index (χ1) is 15.3. The summed E-state index contributed by atoms with van der Waals surface area (Å²) < 4.78 is 16.4. The first-order valence-corrected chi connectivity index (χ1v) is 9.97. The lowest BCUT2D eigenvalue weighted by atomic mass is 10.1. The van der Waals surface area contributed by atoms with Crippen LogP contribution >= 0.6 is 0 Å². The summed E-state index contributed by atoms with van der Waals surface area (Å²) in [6, 6.07) is 7.30. The van der Waals surface area contributed by atoms with Crippen LogP contribution in [0.25, 0.3) is 22.8 Å². The van der Waals surface area contributed by atoms with Crippen molar-refractivity contribution >= 4 is 5.91 Å². The van der Waals surface area contributed by atoms with Gasteiger partial charge in [-0.2, -0.15) is 4.98 Å². The number of ether oxygens (including phenoxy) is 2. The van der Waals surface area contributed by atoms with E-state index in [-0.39, 0.29) is 13.2 Å². The summed E-state index contributed by atoms with van der Waals surface area (Å²) in [5.41, 5.74) is 3.91. The fourth-order valence-corrected chi connectivity index (χ4v) is 3.16. The maximum atomic E-state index is 11.1. The fraction of sp³-hybridized carbons (Fsp3) is 0.364. The van der Waals surface area contributed by atoms with Gasteiger partial charge >= 0.3 is 0 Å². The maximum Gasteiger partial charge on any atom is 0.258 e. The van der Waals surface area contributed by atoms with Gasteiger partial charge in [-0.3, -0.25) is 4.79 Å². The zero-order valence-corrected chi connectivity index (χ0v) is 18.4. The van der Waals surface area contributed by atoms with Gasteiger partial charge in [0, 0.05) is 29.4 Å². The molecule has 1 atom stereocenters. The van der Waals surface area contributed by atoms with Crippen molar-refractivity contribution < 1.29 is 29.0 Å². The lowest BCUT2D eigenvalue weighted by Crippen LogP contribution is -2.36. The van der Waals surface area contributed by atoms with Crippen molar-refractivity contribution in [1.29, 1.82) is 0 Å². The summed E-state index contributed by atoms with van der Waals surface area (Å²) >= 11 is 0. The number of hydrogen-bond donors (Lipinski definition) is 3. The third-order valence-electron chi connectivity index (χ3n) is 4.63. The van der Waals surface area contributed by atoms with Crippen molar-refractivity contribution in [3.8, 4) is 34.5 Å². The Hall–Kier alpha value is -3.50. The van der Waals surface area contributed by atoms with Crippen LogP contribution in [-0.4, -0.2) is 64.2 Å². The minimum absolute atomic E-state index is 0.0116. The lowest BCUT2D eigenvalue weighted by molar-refractivity contribution is -0.124. The van der Waals surface area contributed by atoms with Crippen molar-refractivity contribution in [3.05, 3.63) is 41.1 Å². The summed E-state index contributed by atoms with van der Waals surface area (Å²) in [7, 11) is 1.55. The molecule has 1 unspecified atom stereocenters. The molecule has 0 saturated carbocycles. The monoisotopic (exact) mass is 442 g/mol. The van der Waals surface area contributed by atoms with Crippen LogP contribution < -0.4 is 14.8 Å². The number of pyridine rings is 1. The number of benzene rings is 1. The van der Waals surface area contributed by atoms with Crippen molar-refractivity contribution in [2.75, 3.05) is 26.9 Å². The van der Waals surface area contributed by atoms with Gasteiger partial charge in [0.25, 0.3) is 5.89 Å². The highest BCUT2D eigenvalue weighted by Gasteiger charge is 2.16. The van der Waals surface area contributed by atoms with E-state index in [0.29, 0.717) is 28.9 Å². The number of aliphatic hydroxyl groups is 2. The molecule has 0 fully saturated rings. The van der Waals surface area contributed by atoms with Crippen LogP contribution in [0.5, 0.6) is 11.6 Å². The predicted molar refractivity (Wildman–Crippen MR) is 115 cm³/mol. The number of hydrogen-bond acceptors (Lipinski definition) is 9. The summed E-state index contributed by atoms with van der Waals surface area (Å²) in [4.78, 5) is 19.8. The van der Waals surface area contributed by atoms with Gasteiger partial charge in [-0.1, -0.05) is 5.16 Å². The molecule has 10 nitrogen and oxygen atoms in total. The molecule has 0 radical (unpaired) electrons. The highest BCUT2D eigenvalue weighted by atomic mass is 16.5. The Morgan fingerprint density at radius 1 is 1.12 bits per heavy atom. The third-order valence-corrected chi connectivity index (χ3v) is 4.63. The van der Waals surface area contributed by atoms with E-state index in [9.17, 15) is 9.90 Å². The maximum absolute atomic E-state index is 11.1. The van der Waals surface area contributed by atoms with Gasteiger partial charge in [0.2, 0.25) is 17.6 Å². The van der Waals surface area contributed by atoms with E-state index in [1.165, 1.54) is 0 Å². The summed E-state index contributed by atoms with van der Waals surface area (Å²) in [5.74, 6) is 1.32. The second-order valence-electron chi connectivity index (χ2n) is 7.33. The Morgan fingerprint density at radius 2 is 1.84 bits per heavy atom. The number of nitrogens with one attached hydrogen (secondary N) is 1. The minimum Gasteiger partial charge on any atom is -0.490 e. The van der Waals surface area contributed by atoms with E-state index in [0.717, 1.165) is 22.4 Å². The van der Waals surface area contributed by atoms with Crippen molar-refractivity contribution in [3.63, 3.8) is 0 Å². The Labute approximate surface area is 185 Å². The van der Waals surface area contributed by atoms with Crippen LogP contribution in [0.3, 0.4) is 0 Å². The SMILES string of the molecule is COc1cc(-c2nc(-c3cc(C)c(OCC(O)CNC(=O)CO)c(C)c3)no2)cc(C)n1. The number of aliphatic hydroxyl groups excluding tert-OH is 2. The van der Waals surface area contributed by atoms with Gasteiger partial charge in [0.05, 0.1) is 7.11 Å². The quantitative estimate of drug-likeness (QED) is 0.450. The van der Waals surface area contributed by atoms with Crippen LogP contribution in [0.15, 0.2) is 28.8 Å². The molecule has 10 heteroatoms. The molecule has 3 rings (SSSR count). The van der Waals surface area contributed by atoms with Crippen molar-refractivity contribution in [2.45, 2.75) is 26.9 Å². The molecule has 170 valence electrons. The largest absolute Gasteiger partial charge is 0.490 e. The predicted octanol–water partition coefficient (Wildman–Crippen LogP) is 1.58. The van der Waals surface area contributed by atoms with Gasteiger partial charge in [-0.25, -0.2) is 4.98 Å². The smallest absolute Gasteiger partial charge is 0.258 e. The van der Waals surface area contributed by atoms with Crippen LogP contribution in [0.2, 0.25) is 0 Å². The molecular formula is C22H26N4O6. The summed E-state index contributed by atoms with van der Waals surface area (Å²) in [6.07, 6.45) is -0.912. The molecule has 32 heavy (non-hydrogen) atoms. The second-order valence-corrected chi connectivity index (χ2v) is 7.33. The minimum atomic E-state index is -0.912. The van der Waals surface area contributed by atoms with E-state index in [2.05, 4.69) is 20.4 Å². The Bertz CT molecular complexity index is 1070. The van der Waals surface area contributed by atoms with Gasteiger partial charge in [-0.05, 0) is 50.1 Å². The van der Waals surface area contributed by atoms with Gasteiger partial charge in [-0.15, -0.1) is 0 Å². The molecule has 0 bridgehead atoms. The van der Waals surface area contributed by atoms with E-state index in [4.69, 9.17) is 19.1 Å².